The number of carbonyl (C=O) groups is 2. The lowest BCUT2D eigenvalue weighted by molar-refractivity contribution is -0.123. The van der Waals surface area contributed by atoms with Crippen molar-refractivity contribution in [2.45, 2.75) is 26.9 Å². The van der Waals surface area contributed by atoms with Crippen LogP contribution in [0.2, 0.25) is 0 Å². The van der Waals surface area contributed by atoms with Gasteiger partial charge in [0.15, 0.2) is 6.10 Å². The second kappa shape index (κ2) is 8.95. The van der Waals surface area contributed by atoms with Crippen LogP contribution in [0.3, 0.4) is 0 Å². The number of benzene rings is 2. The number of amides is 1. The zero-order valence-electron chi connectivity index (χ0n) is 18.6. The summed E-state index contributed by atoms with van der Waals surface area (Å²) >= 11 is 1.22. The molecule has 1 unspecified atom stereocenters. The molecular formula is C24H22N4O4S. The predicted molar refractivity (Wildman–Crippen MR) is 128 cm³/mol. The number of anilines is 1. The van der Waals surface area contributed by atoms with Crippen LogP contribution in [0.25, 0.3) is 21.9 Å². The van der Waals surface area contributed by atoms with Crippen LogP contribution in [0.4, 0.5) is 5.13 Å². The van der Waals surface area contributed by atoms with Crippen LogP contribution < -0.4 is 10.9 Å². The molecule has 0 radical (unpaired) electrons. The van der Waals surface area contributed by atoms with Crippen molar-refractivity contribution in [1.29, 1.82) is 0 Å². The Labute approximate surface area is 193 Å². The van der Waals surface area contributed by atoms with E-state index in [0.717, 1.165) is 11.1 Å². The second-order valence-corrected chi connectivity index (χ2v) is 8.84. The van der Waals surface area contributed by atoms with Crippen molar-refractivity contribution in [3.63, 3.8) is 0 Å². The van der Waals surface area contributed by atoms with Crippen molar-refractivity contribution in [1.82, 2.24) is 14.8 Å². The number of pyridine rings is 1. The summed E-state index contributed by atoms with van der Waals surface area (Å²) in [4.78, 5) is 38.9. The number of aromatic nitrogens is 3. The Morgan fingerprint density at radius 3 is 2.33 bits per heavy atom. The first kappa shape index (κ1) is 22.3. The largest absolute Gasteiger partial charge is 0.448 e. The second-order valence-electron chi connectivity index (χ2n) is 7.66. The molecule has 0 aliphatic rings. The van der Waals surface area contributed by atoms with Crippen LogP contribution in [0, 0.1) is 13.8 Å². The molecule has 1 N–H and O–H groups in total. The van der Waals surface area contributed by atoms with Crippen molar-refractivity contribution >= 4 is 39.1 Å². The van der Waals surface area contributed by atoms with E-state index in [1.165, 1.54) is 29.9 Å². The van der Waals surface area contributed by atoms with Crippen molar-refractivity contribution in [3.8, 4) is 11.1 Å². The number of hydrogen-bond donors (Lipinski definition) is 1. The van der Waals surface area contributed by atoms with Crippen LogP contribution in [0.1, 0.15) is 28.0 Å². The monoisotopic (exact) mass is 462 g/mol. The minimum atomic E-state index is -1.12. The van der Waals surface area contributed by atoms with Crippen LogP contribution >= 0.6 is 11.3 Å². The van der Waals surface area contributed by atoms with E-state index in [0.29, 0.717) is 26.5 Å². The zero-order chi connectivity index (χ0) is 23.7. The van der Waals surface area contributed by atoms with E-state index >= 15 is 0 Å². The van der Waals surface area contributed by atoms with Gasteiger partial charge in [-0.05, 0) is 37.8 Å². The normalized spacial score (nSPS) is 11.9. The Hall–Kier alpha value is -3.85. The summed E-state index contributed by atoms with van der Waals surface area (Å²) in [6.07, 6.45) is -1.12. The minimum Gasteiger partial charge on any atom is -0.448 e. The smallest absolute Gasteiger partial charge is 0.356 e. The van der Waals surface area contributed by atoms with Gasteiger partial charge in [0.05, 0.1) is 0 Å². The molecule has 0 aliphatic heterocycles. The predicted octanol–water partition coefficient (Wildman–Crippen LogP) is 3.86. The topological polar surface area (TPSA) is 103 Å². The van der Waals surface area contributed by atoms with Crippen LogP contribution in [-0.2, 0) is 16.6 Å². The number of ether oxygens (including phenoxy) is 1. The SMILES string of the molecule is Cc1ccc(-c2c(C(=O)OC(C)C(=O)Nc3nnc(C)s3)n(C)c(=O)c3ccccc23)cc1. The fourth-order valence-corrected chi connectivity index (χ4v) is 4.14. The molecule has 0 saturated heterocycles. The van der Waals surface area contributed by atoms with Gasteiger partial charge in [-0.15, -0.1) is 10.2 Å². The Morgan fingerprint density at radius 1 is 1.03 bits per heavy atom. The molecule has 33 heavy (non-hydrogen) atoms. The molecule has 2 aromatic carbocycles. The van der Waals surface area contributed by atoms with E-state index in [-0.39, 0.29) is 11.3 Å². The molecule has 2 aromatic heterocycles. The molecule has 0 saturated carbocycles. The van der Waals surface area contributed by atoms with E-state index < -0.39 is 18.0 Å². The van der Waals surface area contributed by atoms with Gasteiger partial charge in [-0.25, -0.2) is 4.79 Å². The number of nitrogens with zero attached hydrogens (tertiary/aromatic N) is 3. The number of rotatable bonds is 5. The molecule has 168 valence electrons. The summed E-state index contributed by atoms with van der Waals surface area (Å²) in [5.74, 6) is -1.31. The Kier molecular flexibility index (Phi) is 6.06. The lowest BCUT2D eigenvalue weighted by Gasteiger charge is -2.18. The number of esters is 1. The molecule has 2 heterocycles. The van der Waals surface area contributed by atoms with Crippen LogP contribution in [-0.4, -0.2) is 32.7 Å². The summed E-state index contributed by atoms with van der Waals surface area (Å²) in [6.45, 7) is 5.20. The maximum absolute atomic E-state index is 13.3. The third-order valence-corrected chi connectivity index (χ3v) is 6.00. The lowest BCUT2D eigenvalue weighted by Crippen LogP contribution is -2.32. The molecule has 9 heteroatoms. The average molecular weight is 463 g/mol. The van der Waals surface area contributed by atoms with Crippen molar-refractivity contribution in [3.05, 3.63) is 75.1 Å². The van der Waals surface area contributed by atoms with Crippen molar-refractivity contribution in [2.75, 3.05) is 5.32 Å². The van der Waals surface area contributed by atoms with Crippen LogP contribution in [0.15, 0.2) is 53.3 Å². The number of fused-ring (bicyclic) bond motifs is 1. The minimum absolute atomic E-state index is 0.0777. The molecular weight excluding hydrogens is 440 g/mol. The number of aryl methyl sites for hydroxylation is 2. The Bertz CT molecular complexity index is 1420. The summed E-state index contributed by atoms with van der Waals surface area (Å²) in [5, 5.41) is 12.4. The van der Waals surface area contributed by atoms with Gasteiger partial charge in [0.1, 0.15) is 10.7 Å². The van der Waals surface area contributed by atoms with E-state index in [1.54, 1.807) is 25.1 Å². The van der Waals surface area contributed by atoms with Gasteiger partial charge in [0, 0.05) is 18.0 Å². The number of nitrogens with one attached hydrogen (secondary N) is 1. The zero-order valence-corrected chi connectivity index (χ0v) is 19.4. The van der Waals surface area contributed by atoms with Gasteiger partial charge in [-0.3, -0.25) is 14.9 Å². The molecule has 8 nitrogen and oxygen atoms in total. The van der Waals surface area contributed by atoms with Crippen LogP contribution in [0.5, 0.6) is 0 Å². The fourth-order valence-electron chi connectivity index (χ4n) is 3.54. The highest BCUT2D eigenvalue weighted by Crippen LogP contribution is 2.31. The standard InChI is InChI=1S/C24H22N4O4S/c1-13-9-11-16(12-10-13)19-17-7-5-6-8-18(17)22(30)28(4)20(19)23(31)32-14(2)21(29)25-24-27-26-15(3)33-24/h5-12,14H,1-4H3,(H,25,27,29). The van der Waals surface area contributed by atoms with E-state index in [1.807, 2.05) is 37.3 Å². The Balaban J connectivity index is 1.76. The molecule has 4 rings (SSSR count). The molecule has 0 bridgehead atoms. The fraction of sp³-hybridized carbons (Fsp3) is 0.208. The molecule has 4 aromatic rings. The van der Waals surface area contributed by atoms with Gasteiger partial charge >= 0.3 is 5.97 Å². The lowest BCUT2D eigenvalue weighted by atomic mass is 9.96. The number of carbonyl (C=O) groups excluding carboxylic acids is 2. The highest BCUT2D eigenvalue weighted by molar-refractivity contribution is 7.15. The summed E-state index contributed by atoms with van der Waals surface area (Å²) in [7, 11) is 1.53. The molecule has 1 atom stereocenters. The highest BCUT2D eigenvalue weighted by atomic mass is 32.1. The third kappa shape index (κ3) is 4.40. The van der Waals surface area contributed by atoms with Gasteiger partial charge in [-0.1, -0.05) is 59.4 Å². The van der Waals surface area contributed by atoms with E-state index in [9.17, 15) is 14.4 Å². The average Bonchev–Trinajstić information content (AvgIpc) is 3.21. The first-order valence-corrected chi connectivity index (χ1v) is 11.1. The van der Waals surface area contributed by atoms with Gasteiger partial charge in [0.25, 0.3) is 11.5 Å². The maximum Gasteiger partial charge on any atom is 0.356 e. The van der Waals surface area contributed by atoms with E-state index in [2.05, 4.69) is 15.5 Å². The van der Waals surface area contributed by atoms with Crippen molar-refractivity contribution in [2.24, 2.45) is 7.05 Å². The van der Waals surface area contributed by atoms with Gasteiger partial charge in [-0.2, -0.15) is 0 Å². The third-order valence-electron chi connectivity index (χ3n) is 5.25. The summed E-state index contributed by atoms with van der Waals surface area (Å²) in [6, 6.07) is 14.8. The van der Waals surface area contributed by atoms with Gasteiger partial charge < -0.3 is 9.30 Å². The highest BCUT2D eigenvalue weighted by Gasteiger charge is 2.26. The molecule has 1 amide bonds. The number of hydrogen-bond acceptors (Lipinski definition) is 7. The molecule has 0 aliphatic carbocycles. The molecule has 0 spiro atoms. The van der Waals surface area contributed by atoms with E-state index in [4.69, 9.17) is 4.74 Å². The quantitative estimate of drug-likeness (QED) is 0.452. The summed E-state index contributed by atoms with van der Waals surface area (Å²) in [5.41, 5.74) is 2.16. The summed E-state index contributed by atoms with van der Waals surface area (Å²) < 4.78 is 6.77. The van der Waals surface area contributed by atoms with Gasteiger partial charge in [0.2, 0.25) is 5.13 Å². The molecule has 0 fully saturated rings. The maximum atomic E-state index is 13.3. The first-order valence-electron chi connectivity index (χ1n) is 10.3. The van der Waals surface area contributed by atoms with Crippen molar-refractivity contribution < 1.29 is 14.3 Å². The first-order chi connectivity index (χ1) is 15.8. The Morgan fingerprint density at radius 2 is 1.70 bits per heavy atom.